The molecule has 196 valence electrons. The molecule has 6 nitrogen and oxygen atoms in total. The number of piperidine rings is 1. The van der Waals surface area contributed by atoms with Gasteiger partial charge >= 0.3 is 0 Å². The van der Waals surface area contributed by atoms with Crippen LogP contribution >= 0.6 is 11.8 Å². The van der Waals surface area contributed by atoms with Gasteiger partial charge in [-0.1, -0.05) is 92.3 Å². The average Bonchev–Trinajstić information content (AvgIpc) is 3.39. The number of carbonyl (C=O) groups excluding carboxylic acids is 1. The van der Waals surface area contributed by atoms with E-state index < -0.39 is 0 Å². The number of likely N-dealkylation sites (tertiary alicyclic amines) is 1. The fourth-order valence-corrected chi connectivity index (χ4v) is 5.53. The molecule has 3 aromatic carbocycles. The van der Waals surface area contributed by atoms with Crippen LogP contribution in [0.3, 0.4) is 0 Å². The summed E-state index contributed by atoms with van der Waals surface area (Å²) in [4.78, 5) is 22.2. The van der Waals surface area contributed by atoms with Crippen LogP contribution in [0.25, 0.3) is 11.4 Å². The predicted molar refractivity (Wildman–Crippen MR) is 152 cm³/mol. The van der Waals surface area contributed by atoms with Crippen LogP contribution in [0.1, 0.15) is 45.1 Å². The number of benzene rings is 3. The van der Waals surface area contributed by atoms with E-state index in [1.54, 1.807) is 11.8 Å². The molecule has 7 heteroatoms. The summed E-state index contributed by atoms with van der Waals surface area (Å²) in [5.74, 6) is 1.29. The van der Waals surface area contributed by atoms with Crippen LogP contribution in [0.5, 0.6) is 0 Å². The predicted octanol–water partition coefficient (Wildman–Crippen LogP) is 7.04. The Balaban J connectivity index is 1.14. The molecule has 1 saturated heterocycles. The van der Waals surface area contributed by atoms with Gasteiger partial charge in [0.2, 0.25) is 17.6 Å². The number of hydrogen-bond donors (Lipinski definition) is 1. The lowest BCUT2D eigenvalue weighted by atomic mass is 9.87. The van der Waals surface area contributed by atoms with Gasteiger partial charge in [-0.3, -0.25) is 9.69 Å². The Morgan fingerprint density at radius 3 is 2.37 bits per heavy atom. The SMILES string of the molecule is CC(C)(C)c1ccc(-c2noc(CN3CCC(C(=O)Nc4ccccc4Sc4ccccc4)CC3)n2)cc1. The molecule has 0 aliphatic carbocycles. The third-order valence-corrected chi connectivity index (χ3v) is 7.99. The molecule has 5 rings (SSSR count). The number of rotatable bonds is 7. The number of carbonyl (C=O) groups is 1. The zero-order valence-electron chi connectivity index (χ0n) is 22.2. The van der Waals surface area contributed by atoms with Crippen molar-refractivity contribution in [1.29, 1.82) is 0 Å². The van der Waals surface area contributed by atoms with Crippen molar-refractivity contribution in [3.05, 3.63) is 90.3 Å². The molecule has 0 radical (unpaired) electrons. The van der Waals surface area contributed by atoms with E-state index in [1.165, 1.54) is 5.56 Å². The largest absolute Gasteiger partial charge is 0.338 e. The highest BCUT2D eigenvalue weighted by atomic mass is 32.2. The van der Waals surface area contributed by atoms with Crippen LogP contribution in [0.2, 0.25) is 0 Å². The van der Waals surface area contributed by atoms with E-state index in [2.05, 4.69) is 77.5 Å². The molecular formula is C31H34N4O2S. The smallest absolute Gasteiger partial charge is 0.241 e. The van der Waals surface area contributed by atoms with Crippen LogP contribution in [0.15, 0.2) is 93.2 Å². The van der Waals surface area contributed by atoms with Crippen LogP contribution in [0.4, 0.5) is 5.69 Å². The first-order valence-electron chi connectivity index (χ1n) is 13.1. The molecule has 2 heterocycles. The number of nitrogens with zero attached hydrogens (tertiary/aromatic N) is 3. The molecule has 1 aliphatic heterocycles. The van der Waals surface area contributed by atoms with Crippen molar-refractivity contribution in [1.82, 2.24) is 15.0 Å². The monoisotopic (exact) mass is 526 g/mol. The third kappa shape index (κ3) is 6.52. The van der Waals surface area contributed by atoms with Crippen LogP contribution in [0, 0.1) is 5.92 Å². The minimum atomic E-state index is -0.0133. The van der Waals surface area contributed by atoms with E-state index in [0.29, 0.717) is 18.3 Å². The summed E-state index contributed by atoms with van der Waals surface area (Å²) in [6, 6.07) is 26.6. The maximum absolute atomic E-state index is 13.1. The lowest BCUT2D eigenvalue weighted by molar-refractivity contribution is -0.121. The van der Waals surface area contributed by atoms with Gasteiger partial charge < -0.3 is 9.84 Å². The lowest BCUT2D eigenvalue weighted by Gasteiger charge is -2.30. The van der Waals surface area contributed by atoms with Gasteiger partial charge in [0.25, 0.3) is 0 Å². The molecule has 0 saturated carbocycles. The van der Waals surface area contributed by atoms with Crippen LogP contribution in [-0.4, -0.2) is 34.0 Å². The molecule has 0 atom stereocenters. The third-order valence-electron chi connectivity index (χ3n) is 6.91. The second-order valence-electron chi connectivity index (χ2n) is 10.8. The Hall–Kier alpha value is -3.42. The van der Waals surface area contributed by atoms with Gasteiger partial charge in [-0.25, -0.2) is 0 Å². The second kappa shape index (κ2) is 11.5. The Morgan fingerprint density at radius 1 is 0.974 bits per heavy atom. The van der Waals surface area contributed by atoms with Crippen molar-refractivity contribution in [2.45, 2.75) is 55.4 Å². The molecule has 38 heavy (non-hydrogen) atoms. The van der Waals surface area contributed by atoms with Gasteiger partial charge in [0.15, 0.2) is 0 Å². The maximum atomic E-state index is 13.1. The number of amides is 1. The molecule has 0 bridgehead atoms. The molecule has 0 unspecified atom stereocenters. The highest BCUT2D eigenvalue weighted by Gasteiger charge is 2.26. The van der Waals surface area contributed by atoms with Crippen molar-refractivity contribution in [3.8, 4) is 11.4 Å². The Bertz CT molecular complexity index is 1350. The number of aromatic nitrogens is 2. The van der Waals surface area contributed by atoms with Gasteiger partial charge in [-0.2, -0.15) is 4.98 Å². The molecule has 1 N–H and O–H groups in total. The fraction of sp³-hybridized carbons (Fsp3) is 0.323. The fourth-order valence-electron chi connectivity index (χ4n) is 4.61. The molecule has 1 amide bonds. The van der Waals surface area contributed by atoms with Gasteiger partial charge in [-0.15, -0.1) is 0 Å². The van der Waals surface area contributed by atoms with Crippen molar-refractivity contribution in [2.24, 2.45) is 5.92 Å². The highest BCUT2D eigenvalue weighted by molar-refractivity contribution is 7.99. The van der Waals surface area contributed by atoms with E-state index in [4.69, 9.17) is 4.52 Å². The molecule has 4 aromatic rings. The Labute approximate surface area is 228 Å². The van der Waals surface area contributed by atoms with Crippen molar-refractivity contribution in [2.75, 3.05) is 18.4 Å². The average molecular weight is 527 g/mol. The summed E-state index contributed by atoms with van der Waals surface area (Å²) >= 11 is 1.66. The van der Waals surface area contributed by atoms with E-state index in [1.807, 2.05) is 42.5 Å². The van der Waals surface area contributed by atoms with Gasteiger partial charge in [0, 0.05) is 21.3 Å². The summed E-state index contributed by atoms with van der Waals surface area (Å²) in [6.45, 7) is 8.83. The number of nitrogens with one attached hydrogen (secondary N) is 1. The maximum Gasteiger partial charge on any atom is 0.241 e. The first kappa shape index (κ1) is 26.2. The number of para-hydroxylation sites is 1. The summed E-state index contributed by atoms with van der Waals surface area (Å²) in [5.41, 5.74) is 3.20. The first-order chi connectivity index (χ1) is 18.3. The molecule has 1 aliphatic rings. The quantitative estimate of drug-likeness (QED) is 0.279. The standard InChI is InChI=1S/C31H34N4O2S/c1-31(2,3)24-15-13-22(14-16-24)29-33-28(37-34-29)21-35-19-17-23(18-20-35)30(36)32-26-11-7-8-12-27(26)38-25-9-5-4-6-10-25/h4-16,23H,17-21H2,1-3H3,(H,32,36). The Morgan fingerprint density at radius 2 is 1.66 bits per heavy atom. The number of anilines is 1. The zero-order chi connectivity index (χ0) is 26.5. The molecular weight excluding hydrogens is 492 g/mol. The minimum absolute atomic E-state index is 0.0133. The van der Waals surface area contributed by atoms with Gasteiger partial charge in [-0.05, 0) is 61.2 Å². The molecule has 1 aromatic heterocycles. The van der Waals surface area contributed by atoms with E-state index in [-0.39, 0.29) is 17.2 Å². The topological polar surface area (TPSA) is 71.3 Å². The summed E-state index contributed by atoms with van der Waals surface area (Å²) in [6.07, 6.45) is 1.60. The Kier molecular flexibility index (Phi) is 7.95. The molecule has 1 fully saturated rings. The van der Waals surface area contributed by atoms with Crippen molar-refractivity contribution < 1.29 is 9.32 Å². The van der Waals surface area contributed by atoms with E-state index >= 15 is 0 Å². The summed E-state index contributed by atoms with van der Waals surface area (Å²) < 4.78 is 5.55. The normalized spacial score (nSPS) is 14.9. The van der Waals surface area contributed by atoms with E-state index in [0.717, 1.165) is 47.0 Å². The highest BCUT2D eigenvalue weighted by Crippen LogP contribution is 2.34. The lowest BCUT2D eigenvalue weighted by Crippen LogP contribution is -2.37. The minimum Gasteiger partial charge on any atom is -0.338 e. The molecule has 0 spiro atoms. The van der Waals surface area contributed by atoms with Gasteiger partial charge in [0.05, 0.1) is 12.2 Å². The number of hydrogen-bond acceptors (Lipinski definition) is 6. The van der Waals surface area contributed by atoms with Crippen molar-refractivity contribution >= 4 is 23.4 Å². The van der Waals surface area contributed by atoms with Gasteiger partial charge in [0.1, 0.15) is 0 Å². The summed E-state index contributed by atoms with van der Waals surface area (Å²) in [7, 11) is 0. The van der Waals surface area contributed by atoms with E-state index in [9.17, 15) is 4.79 Å². The van der Waals surface area contributed by atoms with Crippen LogP contribution in [-0.2, 0) is 16.8 Å². The zero-order valence-corrected chi connectivity index (χ0v) is 23.0. The van der Waals surface area contributed by atoms with Crippen LogP contribution < -0.4 is 5.32 Å². The summed E-state index contributed by atoms with van der Waals surface area (Å²) in [5, 5.41) is 7.37. The second-order valence-corrected chi connectivity index (χ2v) is 11.9. The van der Waals surface area contributed by atoms with Crippen molar-refractivity contribution in [3.63, 3.8) is 0 Å². The first-order valence-corrected chi connectivity index (χ1v) is 14.0.